The van der Waals surface area contributed by atoms with Gasteiger partial charge in [-0.25, -0.2) is 0 Å². The largest absolute Gasteiger partial charge is 0.386 e. The Kier molecular flexibility index (Phi) is 1.48. The molecule has 0 radical (unpaired) electrons. The average Bonchev–Trinajstić information content (AvgIpc) is 1.98. The van der Waals surface area contributed by atoms with Gasteiger partial charge in [0.2, 0.25) is 0 Å². The fourth-order valence-electron chi connectivity index (χ4n) is 0.618. The van der Waals surface area contributed by atoms with Crippen molar-refractivity contribution in [3.8, 4) is 0 Å². The smallest absolute Gasteiger partial charge is 0.182 e. The molecule has 1 rings (SSSR count). The van der Waals surface area contributed by atoms with E-state index in [2.05, 4.69) is 4.74 Å². The molecule has 1 saturated heterocycles. The zero-order valence-electron chi connectivity index (χ0n) is 4.32. The zero-order chi connectivity index (χ0) is 6.15. The van der Waals surface area contributed by atoms with E-state index >= 15 is 0 Å². The zero-order valence-corrected chi connectivity index (χ0v) is 4.32. The number of aliphatic hydroxyl groups excluding tert-OH is 2. The van der Waals surface area contributed by atoms with E-state index in [1.807, 2.05) is 0 Å². The van der Waals surface area contributed by atoms with Crippen LogP contribution in [-0.4, -0.2) is 35.3 Å². The van der Waals surface area contributed by atoms with Gasteiger partial charge in [0.15, 0.2) is 6.29 Å². The van der Waals surface area contributed by atoms with Gasteiger partial charge in [-0.3, -0.25) is 0 Å². The molecule has 1 aliphatic heterocycles. The van der Waals surface area contributed by atoms with E-state index < -0.39 is 18.4 Å². The second-order valence-corrected chi connectivity index (χ2v) is 1.88. The Labute approximate surface area is 46.9 Å². The van der Waals surface area contributed by atoms with E-state index in [0.29, 0.717) is 0 Å². The summed E-state index contributed by atoms with van der Waals surface area (Å²) in [7, 11) is 0. The van der Waals surface area contributed by atoms with Crippen molar-refractivity contribution in [2.75, 3.05) is 6.61 Å². The minimum atomic E-state index is -1.08. The topological polar surface area (TPSA) is 75.7 Å². The molecule has 0 aromatic heterocycles. The maximum atomic E-state index is 8.77. The average molecular weight is 119 g/mol. The minimum absolute atomic E-state index is 0.238. The van der Waals surface area contributed by atoms with E-state index in [1.165, 1.54) is 0 Å². The fraction of sp³-hybridized carbons (Fsp3) is 1.00. The van der Waals surface area contributed by atoms with Crippen molar-refractivity contribution < 1.29 is 14.9 Å². The van der Waals surface area contributed by atoms with Gasteiger partial charge in [-0.1, -0.05) is 0 Å². The maximum Gasteiger partial charge on any atom is 0.182 e. The molecule has 0 bridgehead atoms. The molecule has 4 N–H and O–H groups in total. The molecule has 8 heavy (non-hydrogen) atoms. The standard InChI is InChI=1S/C4H9NO3/c5-2-1-8-4(7)3(2)6/h2-4,6-7H,1,5H2/t2-,3-,4+/m1/s1. The molecule has 0 amide bonds. The molecule has 4 heteroatoms. The lowest BCUT2D eigenvalue weighted by molar-refractivity contribution is -0.108. The summed E-state index contributed by atoms with van der Waals surface area (Å²) in [4.78, 5) is 0. The molecule has 0 aromatic carbocycles. The Morgan fingerprint density at radius 3 is 2.25 bits per heavy atom. The minimum Gasteiger partial charge on any atom is -0.386 e. The van der Waals surface area contributed by atoms with E-state index in [4.69, 9.17) is 15.9 Å². The molecule has 0 saturated carbocycles. The number of hydrogen-bond acceptors (Lipinski definition) is 4. The van der Waals surface area contributed by atoms with Crippen LogP contribution in [0, 0.1) is 0 Å². The first-order chi connectivity index (χ1) is 3.72. The molecule has 3 atom stereocenters. The van der Waals surface area contributed by atoms with Crippen molar-refractivity contribution in [3.05, 3.63) is 0 Å². The van der Waals surface area contributed by atoms with E-state index in [-0.39, 0.29) is 6.61 Å². The molecule has 4 nitrogen and oxygen atoms in total. The van der Waals surface area contributed by atoms with Crippen LogP contribution in [0.5, 0.6) is 0 Å². The summed E-state index contributed by atoms with van der Waals surface area (Å²) < 4.78 is 4.56. The summed E-state index contributed by atoms with van der Waals surface area (Å²) >= 11 is 0. The molecule has 0 spiro atoms. The summed E-state index contributed by atoms with van der Waals surface area (Å²) in [6, 6.07) is -0.426. The van der Waals surface area contributed by atoms with Crippen molar-refractivity contribution >= 4 is 0 Å². The first-order valence-corrected chi connectivity index (χ1v) is 2.45. The van der Waals surface area contributed by atoms with Crippen LogP contribution in [-0.2, 0) is 4.74 Å². The van der Waals surface area contributed by atoms with Gasteiger partial charge in [0.25, 0.3) is 0 Å². The van der Waals surface area contributed by atoms with E-state index in [1.54, 1.807) is 0 Å². The lowest BCUT2D eigenvalue weighted by Gasteiger charge is -2.06. The number of aliphatic hydroxyl groups is 2. The van der Waals surface area contributed by atoms with Crippen LogP contribution < -0.4 is 5.73 Å². The molecule has 0 aliphatic carbocycles. The summed E-state index contributed by atoms with van der Waals surface area (Å²) in [6.07, 6.45) is -1.99. The molecule has 1 heterocycles. The second kappa shape index (κ2) is 1.99. The Balaban J connectivity index is 2.44. The van der Waals surface area contributed by atoms with Crippen LogP contribution in [0.2, 0.25) is 0 Å². The molecule has 1 aliphatic rings. The summed E-state index contributed by atoms with van der Waals surface area (Å²) in [5.74, 6) is 0. The highest BCUT2D eigenvalue weighted by atomic mass is 16.6. The van der Waals surface area contributed by atoms with Crippen LogP contribution in [0.4, 0.5) is 0 Å². The highest BCUT2D eigenvalue weighted by Gasteiger charge is 2.31. The summed E-state index contributed by atoms with van der Waals surface area (Å²) in [6.45, 7) is 0.238. The van der Waals surface area contributed by atoms with Crippen molar-refractivity contribution in [2.24, 2.45) is 5.73 Å². The van der Waals surface area contributed by atoms with Crippen LogP contribution in [0.3, 0.4) is 0 Å². The maximum absolute atomic E-state index is 8.77. The predicted molar refractivity (Wildman–Crippen MR) is 25.9 cm³/mol. The van der Waals surface area contributed by atoms with Crippen LogP contribution in [0.15, 0.2) is 0 Å². The van der Waals surface area contributed by atoms with Crippen molar-refractivity contribution in [1.82, 2.24) is 0 Å². The third-order valence-electron chi connectivity index (χ3n) is 1.19. The number of hydrogen-bond donors (Lipinski definition) is 3. The monoisotopic (exact) mass is 119 g/mol. The van der Waals surface area contributed by atoms with Crippen LogP contribution >= 0.6 is 0 Å². The Morgan fingerprint density at radius 1 is 1.50 bits per heavy atom. The van der Waals surface area contributed by atoms with Gasteiger partial charge in [0.1, 0.15) is 6.10 Å². The number of ether oxygens (including phenoxy) is 1. The lowest BCUT2D eigenvalue weighted by Crippen LogP contribution is -2.36. The number of nitrogens with two attached hydrogens (primary N) is 1. The molecule has 0 unspecified atom stereocenters. The first kappa shape index (κ1) is 5.97. The van der Waals surface area contributed by atoms with E-state index in [9.17, 15) is 0 Å². The number of rotatable bonds is 0. The quantitative estimate of drug-likeness (QED) is 0.345. The summed E-state index contributed by atoms with van der Waals surface area (Å²) in [5, 5.41) is 17.4. The van der Waals surface area contributed by atoms with E-state index in [0.717, 1.165) is 0 Å². The molecule has 48 valence electrons. The van der Waals surface area contributed by atoms with Gasteiger partial charge in [0.05, 0.1) is 12.6 Å². The highest BCUT2D eigenvalue weighted by molar-refractivity contribution is 4.79. The third-order valence-corrected chi connectivity index (χ3v) is 1.19. The Morgan fingerprint density at radius 2 is 2.12 bits per heavy atom. The Bertz CT molecular complexity index is 77.4. The lowest BCUT2D eigenvalue weighted by atomic mass is 10.2. The van der Waals surface area contributed by atoms with Crippen molar-refractivity contribution in [2.45, 2.75) is 18.4 Å². The van der Waals surface area contributed by atoms with Crippen molar-refractivity contribution in [3.63, 3.8) is 0 Å². The van der Waals surface area contributed by atoms with Gasteiger partial charge in [0, 0.05) is 0 Å². The van der Waals surface area contributed by atoms with Gasteiger partial charge in [-0.15, -0.1) is 0 Å². The molecule has 0 aromatic rings. The highest BCUT2D eigenvalue weighted by Crippen LogP contribution is 2.08. The molecule has 1 fully saturated rings. The predicted octanol–water partition coefficient (Wildman–Crippen LogP) is -1.98. The Hall–Kier alpha value is -0.160. The normalized spacial score (nSPS) is 47.6. The van der Waals surface area contributed by atoms with Gasteiger partial charge >= 0.3 is 0 Å². The van der Waals surface area contributed by atoms with Gasteiger partial charge in [-0.05, 0) is 0 Å². The third kappa shape index (κ3) is 0.830. The van der Waals surface area contributed by atoms with Crippen molar-refractivity contribution in [1.29, 1.82) is 0 Å². The van der Waals surface area contributed by atoms with Crippen LogP contribution in [0.1, 0.15) is 0 Å². The first-order valence-electron chi connectivity index (χ1n) is 2.45. The summed E-state index contributed by atoms with van der Waals surface area (Å²) in [5.41, 5.74) is 5.23. The SMILES string of the molecule is N[C@@H]1CO[C@H](O)[C@@H]1O. The fourth-order valence-corrected chi connectivity index (χ4v) is 0.618. The van der Waals surface area contributed by atoms with Gasteiger partial charge < -0.3 is 20.7 Å². The second-order valence-electron chi connectivity index (χ2n) is 1.88. The molecular weight excluding hydrogens is 110 g/mol. The van der Waals surface area contributed by atoms with Crippen LogP contribution in [0.25, 0.3) is 0 Å². The van der Waals surface area contributed by atoms with Gasteiger partial charge in [-0.2, -0.15) is 0 Å². The molecular formula is C4H9NO3.